The number of hydrogen-bond acceptors (Lipinski definition) is 20. The highest BCUT2D eigenvalue weighted by Crippen LogP contribution is 2.20. The van der Waals surface area contributed by atoms with Gasteiger partial charge in [-0.05, 0) is 87.2 Å². The average molecular weight is 1440 g/mol. The molecule has 3 aromatic rings. The minimum absolute atomic E-state index is 0.0755. The van der Waals surface area contributed by atoms with E-state index in [9.17, 15) is 92.3 Å². The first-order valence-corrected chi connectivity index (χ1v) is 33.5. The maximum absolute atomic E-state index is 14.5. The Morgan fingerprint density at radius 1 is 0.441 bits per heavy atom. The second kappa shape index (κ2) is 43.5. The van der Waals surface area contributed by atoms with E-state index >= 15 is 0 Å². The fourth-order valence-electron chi connectivity index (χ4n) is 10.3. The Morgan fingerprint density at radius 2 is 0.843 bits per heavy atom. The average Bonchev–Trinajstić information content (AvgIpc) is 1.74. The molecule has 13 atom stereocenters. The van der Waals surface area contributed by atoms with Gasteiger partial charge in [-0.2, -0.15) is 0 Å². The van der Waals surface area contributed by atoms with E-state index in [1.807, 2.05) is 0 Å². The van der Waals surface area contributed by atoms with Crippen molar-refractivity contribution < 1.29 is 92.3 Å². The summed E-state index contributed by atoms with van der Waals surface area (Å²) in [5.41, 5.74) is 19.1. The third-order valence-electron chi connectivity index (χ3n) is 16.3. The number of nitrogens with one attached hydrogen (secondary N) is 14. The van der Waals surface area contributed by atoms with Crippen molar-refractivity contribution in [2.75, 3.05) is 39.4 Å². The summed E-state index contributed by atoms with van der Waals surface area (Å²) in [5, 5.41) is 72.4. The molecule has 0 saturated heterocycles. The second-order valence-electron chi connectivity index (χ2n) is 25.1. The summed E-state index contributed by atoms with van der Waals surface area (Å²) in [6.45, 7) is 8.72. The lowest BCUT2D eigenvalue weighted by molar-refractivity contribution is -0.142. The number of H-pyrrole nitrogens is 1. The van der Waals surface area contributed by atoms with Gasteiger partial charge in [-0.25, -0.2) is 0 Å². The van der Waals surface area contributed by atoms with Crippen molar-refractivity contribution in [1.82, 2.24) is 74.1 Å². The number of fused-ring (bicyclic) bond motifs is 1. The normalized spacial score (nSPS) is 15.0. The molecule has 0 radical (unpaired) electrons. The lowest BCUT2D eigenvalue weighted by Crippen LogP contribution is -2.62. The van der Waals surface area contributed by atoms with E-state index in [2.05, 4.69) is 74.1 Å². The van der Waals surface area contributed by atoms with E-state index in [0.29, 0.717) is 28.5 Å². The van der Waals surface area contributed by atoms with Gasteiger partial charge in [-0.3, -0.25) is 71.9 Å². The summed E-state index contributed by atoms with van der Waals surface area (Å²) < 4.78 is 0. The summed E-state index contributed by atoms with van der Waals surface area (Å²) in [7, 11) is 0. The van der Waals surface area contributed by atoms with E-state index in [-0.39, 0.29) is 57.7 Å². The first kappa shape index (κ1) is 86.1. The minimum Gasteiger partial charge on any atom is -0.481 e. The number of nitrogens with two attached hydrogens (primary N) is 3. The van der Waals surface area contributed by atoms with Gasteiger partial charge in [0.2, 0.25) is 76.8 Å². The van der Waals surface area contributed by atoms with Crippen LogP contribution in [0.15, 0.2) is 60.8 Å². The van der Waals surface area contributed by atoms with Crippen molar-refractivity contribution in [3.63, 3.8) is 0 Å². The van der Waals surface area contributed by atoms with Gasteiger partial charge < -0.3 is 112 Å². The third-order valence-corrected chi connectivity index (χ3v) is 16.3. The molecule has 0 fully saturated rings. The number of aliphatic carboxylic acids is 2. The lowest BCUT2D eigenvalue weighted by atomic mass is 9.96. The van der Waals surface area contributed by atoms with Gasteiger partial charge in [0.1, 0.15) is 72.5 Å². The Labute approximate surface area is 589 Å². The van der Waals surface area contributed by atoms with Crippen LogP contribution >= 0.6 is 0 Å². The Kier molecular flexibility index (Phi) is 36.7. The number of benzene rings is 2. The smallest absolute Gasteiger partial charge is 0.325 e. The quantitative estimate of drug-likeness (QED) is 0.0251. The number of aliphatic hydroxyl groups is 2. The van der Waals surface area contributed by atoms with E-state index in [1.165, 1.54) is 13.8 Å². The van der Waals surface area contributed by atoms with Gasteiger partial charge in [-0.15, -0.1) is 0 Å². The number of hydrogen-bond donors (Lipinski definition) is 21. The number of carbonyl (C=O) groups excluding carboxylic acids is 13. The van der Waals surface area contributed by atoms with Crippen molar-refractivity contribution >= 4 is 99.6 Å². The van der Waals surface area contributed by atoms with Crippen molar-refractivity contribution in [3.05, 3.63) is 71.9 Å². The van der Waals surface area contributed by atoms with E-state index in [1.54, 1.807) is 102 Å². The van der Waals surface area contributed by atoms with Crippen LogP contribution in [-0.4, -0.2) is 226 Å². The molecule has 1 heterocycles. The molecule has 36 nitrogen and oxygen atoms in total. The monoisotopic (exact) mass is 1440 g/mol. The molecular weight excluding hydrogens is 1330 g/mol. The number of carbonyl (C=O) groups is 15. The van der Waals surface area contributed by atoms with Gasteiger partial charge in [0.15, 0.2) is 0 Å². The highest BCUT2D eigenvalue weighted by Gasteiger charge is 2.38. The first-order chi connectivity index (χ1) is 48.2. The number of aromatic nitrogens is 1. The topological polar surface area (TPSA) is 587 Å². The lowest BCUT2D eigenvalue weighted by Gasteiger charge is -2.30. The Morgan fingerprint density at radius 3 is 1.33 bits per heavy atom. The van der Waals surface area contributed by atoms with Gasteiger partial charge in [0, 0.05) is 43.3 Å². The molecule has 1 aromatic heterocycles. The zero-order valence-corrected chi connectivity index (χ0v) is 58.5. The van der Waals surface area contributed by atoms with E-state index in [4.69, 9.17) is 17.2 Å². The molecule has 3 rings (SSSR count). The number of aromatic amines is 1. The SMILES string of the molecule is CC[C@H](C)[C@@H](NC(=O)[C@@H](NC(=O)[C@H](CCC(=O)O)NC(=O)[C@H](Cc1ccccc1)NC(=O)[C@@H](CCN)NC(=O)[C@H](CCN)NC(=O)[C@H](CO)NC(=O)[C@@H](Cc1c[nH]c2ccccc12)NC(=O)[C@@H](CO)NC(=O)CNC(=O)[C@@H](CCN)NC(=O)[C@H](NC(C)=O)C(C)C)C(C)C)C(=O)N[C@@H](C)C(=O)O. The van der Waals surface area contributed by atoms with E-state index in [0.717, 1.165) is 0 Å². The Balaban J connectivity index is 1.87. The van der Waals surface area contributed by atoms with Crippen molar-refractivity contribution in [2.45, 2.75) is 179 Å². The number of rotatable bonds is 45. The van der Waals surface area contributed by atoms with Crippen LogP contribution in [0.1, 0.15) is 105 Å². The van der Waals surface area contributed by atoms with Crippen molar-refractivity contribution in [1.29, 1.82) is 0 Å². The molecule has 13 amide bonds. The first-order valence-electron chi connectivity index (χ1n) is 33.5. The van der Waals surface area contributed by atoms with Crippen LogP contribution in [0.25, 0.3) is 10.9 Å². The summed E-state index contributed by atoms with van der Waals surface area (Å²) in [5.74, 6) is -16.6. The summed E-state index contributed by atoms with van der Waals surface area (Å²) >= 11 is 0. The van der Waals surface area contributed by atoms with Crippen LogP contribution in [0.4, 0.5) is 0 Å². The van der Waals surface area contributed by atoms with E-state index < -0.39 is 206 Å². The second-order valence-corrected chi connectivity index (χ2v) is 25.1. The van der Waals surface area contributed by atoms with Crippen LogP contribution < -0.4 is 86.3 Å². The predicted octanol–water partition coefficient (Wildman–Crippen LogP) is -5.73. The summed E-state index contributed by atoms with van der Waals surface area (Å²) in [6.07, 6.45) is -0.583. The molecule has 0 saturated carbocycles. The molecule has 2 aromatic carbocycles. The van der Waals surface area contributed by atoms with Crippen molar-refractivity contribution in [2.24, 2.45) is 35.0 Å². The third kappa shape index (κ3) is 28.1. The molecule has 102 heavy (non-hydrogen) atoms. The van der Waals surface area contributed by atoms with Gasteiger partial charge in [0.05, 0.1) is 19.8 Å². The van der Waals surface area contributed by atoms with Crippen LogP contribution in [0.3, 0.4) is 0 Å². The van der Waals surface area contributed by atoms with Gasteiger partial charge >= 0.3 is 11.9 Å². The molecule has 564 valence electrons. The molecule has 0 bridgehead atoms. The number of para-hydroxylation sites is 1. The molecule has 0 aliphatic carbocycles. The maximum atomic E-state index is 14.5. The highest BCUT2D eigenvalue weighted by molar-refractivity contribution is 6.00. The largest absolute Gasteiger partial charge is 0.481 e. The van der Waals surface area contributed by atoms with Crippen LogP contribution in [-0.2, 0) is 84.8 Å². The number of carboxylic acids is 2. The molecule has 0 unspecified atom stereocenters. The maximum Gasteiger partial charge on any atom is 0.325 e. The zero-order chi connectivity index (χ0) is 76.5. The van der Waals surface area contributed by atoms with Gasteiger partial charge in [-0.1, -0.05) is 96.5 Å². The number of aliphatic hydroxyl groups excluding tert-OH is 2. The van der Waals surface area contributed by atoms with Gasteiger partial charge in [0.25, 0.3) is 0 Å². The summed E-state index contributed by atoms with van der Waals surface area (Å²) in [6, 6.07) is -2.94. The fraction of sp³-hybridized carbons (Fsp3) is 0.561. The highest BCUT2D eigenvalue weighted by atomic mass is 16.4. The number of amides is 13. The molecule has 0 spiro atoms. The van der Waals surface area contributed by atoms with Crippen LogP contribution in [0.2, 0.25) is 0 Å². The van der Waals surface area contributed by atoms with Crippen LogP contribution in [0, 0.1) is 17.8 Å². The van der Waals surface area contributed by atoms with Crippen LogP contribution in [0.5, 0.6) is 0 Å². The van der Waals surface area contributed by atoms with Crippen molar-refractivity contribution in [3.8, 4) is 0 Å². The summed E-state index contributed by atoms with van der Waals surface area (Å²) in [4.78, 5) is 205. The molecule has 24 N–H and O–H groups in total. The molecule has 36 heteroatoms. The fourth-order valence-corrected chi connectivity index (χ4v) is 10.3. The standard InChI is InChI=1S/C66H101N17O19/c1-9-35(6)54(65(100)72-36(7)66(101)102)83-64(99)53(34(4)5)82-58(93)42(19-20-51(88)89)75-59(94)46(27-38-15-11-10-12-16-38)79-57(92)45(23-26-69)76-56(91)44(22-25-68)77-62(97)49(32-85)81-60(95)47(28-39-29-70-41-18-14-13-17-40(39)41)80-61(96)48(31-84)74-50(87)30-71-55(90)43(21-24-67)78-63(98)52(33(2)3)73-37(8)86/h10-18,29,33-36,42-49,52-54,70,84-85H,9,19-28,30-32,67-69H2,1-8H3,(H,71,90)(H,72,100)(H,73,86)(H,74,87)(H,75,94)(H,76,91)(H,77,97)(H,78,98)(H,79,92)(H,80,96)(H,81,95)(H,82,93)(H,83,99)(H,88,89)(H,101,102)/t35-,36-,42-,43+,44-,45+,46-,47+,48+,49-,52+,53-,54+/m0/s1. The zero-order valence-electron chi connectivity index (χ0n) is 58.5. The Bertz CT molecular complexity index is 3370. The number of carboxylic acid groups (broad SMARTS) is 2. The molecule has 0 aliphatic rings. The molecular formula is C66H101N17O19. The molecule has 0 aliphatic heterocycles. The minimum atomic E-state index is -1.87. The predicted molar refractivity (Wildman–Crippen MR) is 368 cm³/mol. The Hall–Kier alpha value is -10.2.